The summed E-state index contributed by atoms with van der Waals surface area (Å²) in [5, 5.41) is 9.60. The number of ether oxygens (including phenoxy) is 1. The van der Waals surface area contributed by atoms with E-state index in [1.165, 1.54) is 18.4 Å². The van der Waals surface area contributed by atoms with Gasteiger partial charge in [0.2, 0.25) is 0 Å². The van der Waals surface area contributed by atoms with Crippen molar-refractivity contribution in [2.24, 2.45) is 28.1 Å². The van der Waals surface area contributed by atoms with Gasteiger partial charge in [-0.15, -0.1) is 0 Å². The summed E-state index contributed by atoms with van der Waals surface area (Å²) in [6.07, 6.45) is 10.7. The molecule has 2 saturated carbocycles. The van der Waals surface area contributed by atoms with Gasteiger partial charge in [-0.3, -0.25) is 0 Å². The van der Waals surface area contributed by atoms with Gasteiger partial charge in [0, 0.05) is 17.8 Å². The Balaban J connectivity index is 1.73. The van der Waals surface area contributed by atoms with E-state index in [1.807, 2.05) is 13.8 Å². The van der Waals surface area contributed by atoms with Gasteiger partial charge in [-0.25, -0.2) is 0 Å². The van der Waals surface area contributed by atoms with Gasteiger partial charge in [0.1, 0.15) is 5.60 Å². The second kappa shape index (κ2) is 6.24. The maximum atomic E-state index is 9.60. The van der Waals surface area contributed by atoms with Crippen LogP contribution in [0.25, 0.3) is 0 Å². The summed E-state index contributed by atoms with van der Waals surface area (Å²) in [6.45, 7) is 11.4. The topological polar surface area (TPSA) is 33.0 Å². The van der Waals surface area contributed by atoms with Crippen LogP contribution in [0.4, 0.5) is 0 Å². The molecule has 0 aromatic heterocycles. The molecule has 1 aromatic rings. The summed E-state index contributed by atoms with van der Waals surface area (Å²) in [5.41, 5.74) is 0.961. The number of rotatable bonds is 4. The first-order valence-corrected chi connectivity index (χ1v) is 10.7. The van der Waals surface area contributed by atoms with Crippen molar-refractivity contribution in [3.8, 4) is 6.07 Å². The average molecular weight is 376 g/mol. The summed E-state index contributed by atoms with van der Waals surface area (Å²) < 4.78 is 7.07. The second-order valence-corrected chi connectivity index (χ2v) is 10.5. The first-order chi connectivity index (χ1) is 13.2. The average Bonchev–Trinajstić information content (AvgIpc) is 3.01. The van der Waals surface area contributed by atoms with Crippen LogP contribution in [0.3, 0.4) is 0 Å². The Kier molecular flexibility index (Phi) is 4.31. The number of nitriles is 1. The highest BCUT2D eigenvalue weighted by molar-refractivity contribution is 5.34. The third-order valence-electron chi connectivity index (χ3n) is 8.67. The molecule has 148 valence electrons. The maximum absolute atomic E-state index is 9.60. The van der Waals surface area contributed by atoms with Crippen LogP contribution in [0.2, 0.25) is 0 Å². The third-order valence-corrected chi connectivity index (χ3v) is 8.67. The van der Waals surface area contributed by atoms with E-state index >= 15 is 0 Å². The van der Waals surface area contributed by atoms with E-state index in [9.17, 15) is 5.26 Å². The van der Waals surface area contributed by atoms with Crippen molar-refractivity contribution in [3.05, 3.63) is 59.9 Å². The fraction of sp³-hybridized carbons (Fsp3) is 0.577. The fourth-order valence-electron chi connectivity index (χ4n) is 6.13. The van der Waals surface area contributed by atoms with Gasteiger partial charge in [0.25, 0.3) is 0 Å². The van der Waals surface area contributed by atoms with E-state index in [0.29, 0.717) is 5.92 Å². The Hall–Kier alpha value is -2.01. The lowest BCUT2D eigenvalue weighted by atomic mass is 9.62. The van der Waals surface area contributed by atoms with Crippen molar-refractivity contribution in [1.29, 1.82) is 5.26 Å². The zero-order chi connectivity index (χ0) is 20.2. The Morgan fingerprint density at radius 3 is 2.43 bits per heavy atom. The van der Waals surface area contributed by atoms with Crippen LogP contribution >= 0.6 is 0 Å². The minimum absolute atomic E-state index is 0.0915. The summed E-state index contributed by atoms with van der Waals surface area (Å²) in [6, 6.07) is 13.3. The molecule has 0 spiro atoms. The maximum Gasteiger partial charge on any atom is 0.140 e. The minimum Gasteiger partial charge on any atom is -0.486 e. The Morgan fingerprint density at radius 1 is 1.14 bits per heavy atom. The highest BCUT2D eigenvalue weighted by atomic mass is 16.5. The zero-order valence-electron chi connectivity index (χ0n) is 18.0. The molecule has 0 unspecified atom stereocenters. The van der Waals surface area contributed by atoms with E-state index in [1.54, 1.807) is 0 Å². The fourth-order valence-corrected chi connectivity index (χ4v) is 6.13. The number of benzene rings is 1. The monoisotopic (exact) mass is 375 g/mol. The van der Waals surface area contributed by atoms with Gasteiger partial charge in [0.05, 0.1) is 17.2 Å². The molecule has 0 N–H and O–H groups in total. The van der Waals surface area contributed by atoms with Crippen molar-refractivity contribution < 1.29 is 4.74 Å². The van der Waals surface area contributed by atoms with Crippen molar-refractivity contribution in [2.45, 2.75) is 65.9 Å². The molecular formula is C26H33NO. The molecule has 0 saturated heterocycles. The van der Waals surface area contributed by atoms with Crippen molar-refractivity contribution >= 4 is 0 Å². The molecule has 2 fully saturated rings. The third kappa shape index (κ3) is 2.52. The Morgan fingerprint density at radius 2 is 1.86 bits per heavy atom. The van der Waals surface area contributed by atoms with Gasteiger partial charge in [0.15, 0.2) is 0 Å². The van der Waals surface area contributed by atoms with Gasteiger partial charge in [-0.05, 0) is 56.1 Å². The predicted octanol–water partition coefficient (Wildman–Crippen LogP) is 6.75. The van der Waals surface area contributed by atoms with Crippen LogP contribution in [0, 0.1) is 39.4 Å². The van der Waals surface area contributed by atoms with E-state index in [4.69, 9.17) is 4.74 Å². The summed E-state index contributed by atoms with van der Waals surface area (Å²) in [5.74, 6) is 1.90. The van der Waals surface area contributed by atoms with E-state index in [-0.39, 0.29) is 22.3 Å². The molecule has 0 aliphatic heterocycles. The number of fused-ring (bicyclic) bond motifs is 2. The molecule has 0 radical (unpaired) electrons. The summed E-state index contributed by atoms with van der Waals surface area (Å²) >= 11 is 0. The van der Waals surface area contributed by atoms with Gasteiger partial charge >= 0.3 is 0 Å². The molecule has 0 amide bonds. The van der Waals surface area contributed by atoms with Crippen molar-refractivity contribution in [3.63, 3.8) is 0 Å². The summed E-state index contributed by atoms with van der Waals surface area (Å²) in [4.78, 5) is 0. The van der Waals surface area contributed by atoms with Gasteiger partial charge in [-0.2, -0.15) is 5.26 Å². The van der Waals surface area contributed by atoms with Gasteiger partial charge < -0.3 is 4.74 Å². The van der Waals surface area contributed by atoms with Crippen LogP contribution in [-0.2, 0) is 10.3 Å². The molecule has 3 aliphatic carbocycles. The van der Waals surface area contributed by atoms with E-state index in [0.717, 1.165) is 18.6 Å². The number of hydrogen-bond acceptors (Lipinski definition) is 2. The molecule has 2 nitrogen and oxygen atoms in total. The standard InChI is InChI=1S/C26H33NO/c1-23(2,18-27)20-12-9-13-22(16-20)28-26(19-10-7-6-8-11-19)17-21-14-15-25(26,5)24(21,3)4/h6-13,20-21H,14-17H2,1-5H3/t20-,21+,25+,26-/m0/s1. The van der Waals surface area contributed by atoms with Crippen LogP contribution in [0.5, 0.6) is 0 Å². The molecule has 2 heteroatoms. The first-order valence-electron chi connectivity index (χ1n) is 10.7. The lowest BCUT2D eigenvalue weighted by Gasteiger charge is -2.49. The molecule has 3 aliphatic rings. The number of allylic oxidation sites excluding steroid dienone is 4. The number of hydrogen-bond donors (Lipinski definition) is 0. The predicted molar refractivity (Wildman–Crippen MR) is 113 cm³/mol. The molecule has 4 rings (SSSR count). The SMILES string of the molecule is CC(C)(C#N)[C@H]1C=CC=C(O[C@]2(c3ccccc3)C[C@H]3CC[C@]2(C)C3(C)C)C1. The first kappa shape index (κ1) is 19.3. The highest BCUT2D eigenvalue weighted by Crippen LogP contribution is 2.74. The van der Waals surface area contributed by atoms with Crippen molar-refractivity contribution in [1.82, 2.24) is 0 Å². The summed E-state index contributed by atoms with van der Waals surface area (Å²) in [7, 11) is 0. The zero-order valence-corrected chi connectivity index (χ0v) is 18.0. The lowest BCUT2D eigenvalue weighted by Crippen LogP contribution is -2.47. The second-order valence-electron chi connectivity index (χ2n) is 10.5. The van der Waals surface area contributed by atoms with E-state index < -0.39 is 5.41 Å². The van der Waals surface area contributed by atoms with E-state index in [2.05, 4.69) is 75.4 Å². The Bertz CT molecular complexity index is 856. The quantitative estimate of drug-likeness (QED) is 0.583. The molecule has 0 heterocycles. The van der Waals surface area contributed by atoms with Crippen LogP contribution in [-0.4, -0.2) is 0 Å². The van der Waals surface area contributed by atoms with Crippen LogP contribution in [0.1, 0.15) is 65.9 Å². The molecule has 28 heavy (non-hydrogen) atoms. The largest absolute Gasteiger partial charge is 0.486 e. The minimum atomic E-state index is -0.392. The van der Waals surface area contributed by atoms with Crippen LogP contribution in [0.15, 0.2) is 54.3 Å². The normalized spacial score (nSPS) is 36.1. The lowest BCUT2D eigenvalue weighted by molar-refractivity contribution is -0.120. The number of nitrogens with zero attached hydrogens (tertiary/aromatic N) is 1. The highest BCUT2D eigenvalue weighted by Gasteiger charge is 2.71. The van der Waals surface area contributed by atoms with Gasteiger partial charge in [-0.1, -0.05) is 63.3 Å². The van der Waals surface area contributed by atoms with Crippen molar-refractivity contribution in [2.75, 3.05) is 0 Å². The Labute approximate surface area is 170 Å². The molecule has 4 atom stereocenters. The molecule has 2 bridgehead atoms. The smallest absolute Gasteiger partial charge is 0.140 e. The van der Waals surface area contributed by atoms with Crippen LogP contribution < -0.4 is 0 Å². The molecular weight excluding hydrogens is 342 g/mol. The molecule has 1 aromatic carbocycles.